The fourth-order valence-electron chi connectivity index (χ4n) is 2.58. The lowest BCUT2D eigenvalue weighted by atomic mass is 10.2. The molecule has 160 valence electrons. The molecule has 0 heterocycles. The summed E-state index contributed by atoms with van der Waals surface area (Å²) in [7, 11) is 1.48. The van der Waals surface area contributed by atoms with Gasteiger partial charge in [0, 0.05) is 16.3 Å². The number of hydrogen-bond acceptors (Lipinski definition) is 4. The zero-order valence-electron chi connectivity index (χ0n) is 16.2. The van der Waals surface area contributed by atoms with E-state index in [1.165, 1.54) is 25.3 Å². The van der Waals surface area contributed by atoms with Gasteiger partial charge in [-0.25, -0.2) is 4.39 Å². The number of benzene rings is 3. The van der Waals surface area contributed by atoms with Crippen LogP contribution >= 0.6 is 35.4 Å². The van der Waals surface area contributed by atoms with Crippen molar-refractivity contribution in [1.29, 1.82) is 0 Å². The molecule has 3 aromatic carbocycles. The van der Waals surface area contributed by atoms with Crippen LogP contribution in [0.2, 0.25) is 10.0 Å². The molecule has 0 aliphatic rings. The fraction of sp³-hybridized carbons (Fsp3) is 0.0909. The monoisotopic (exact) mass is 478 g/mol. The second kappa shape index (κ2) is 10.4. The average Bonchev–Trinajstić information content (AvgIpc) is 2.75. The van der Waals surface area contributed by atoms with Crippen LogP contribution in [0.5, 0.6) is 11.5 Å². The molecule has 0 aromatic heterocycles. The van der Waals surface area contributed by atoms with Gasteiger partial charge in [-0.05, 0) is 66.3 Å². The largest absolute Gasteiger partial charge is 0.493 e. The fourth-order valence-corrected chi connectivity index (χ4v) is 3.10. The number of thiocarbonyl (C=S) groups is 1. The Morgan fingerprint density at radius 2 is 1.77 bits per heavy atom. The Balaban J connectivity index is 1.63. The lowest BCUT2D eigenvalue weighted by Crippen LogP contribution is -2.34. The summed E-state index contributed by atoms with van der Waals surface area (Å²) in [6.07, 6.45) is 0. The molecule has 0 spiro atoms. The molecule has 0 bridgehead atoms. The van der Waals surface area contributed by atoms with Crippen LogP contribution in [0.15, 0.2) is 60.7 Å². The summed E-state index contributed by atoms with van der Waals surface area (Å²) in [5.74, 6) is -0.123. The molecule has 0 radical (unpaired) electrons. The first-order valence-corrected chi connectivity index (χ1v) is 10.1. The third kappa shape index (κ3) is 6.30. The van der Waals surface area contributed by atoms with Gasteiger partial charge in [0.2, 0.25) is 0 Å². The van der Waals surface area contributed by atoms with Crippen molar-refractivity contribution in [2.75, 3.05) is 12.4 Å². The van der Waals surface area contributed by atoms with Gasteiger partial charge in [0.15, 0.2) is 16.6 Å². The van der Waals surface area contributed by atoms with Gasteiger partial charge in [-0.2, -0.15) is 0 Å². The summed E-state index contributed by atoms with van der Waals surface area (Å²) >= 11 is 16.8. The Hall–Kier alpha value is -2.87. The Morgan fingerprint density at radius 3 is 2.45 bits per heavy atom. The number of nitrogens with one attached hydrogen (secondary N) is 2. The number of carbonyl (C=O) groups is 1. The molecule has 5 nitrogen and oxygen atoms in total. The third-order valence-electron chi connectivity index (χ3n) is 4.14. The summed E-state index contributed by atoms with van der Waals surface area (Å²) in [4.78, 5) is 12.5. The molecule has 0 unspecified atom stereocenters. The van der Waals surface area contributed by atoms with Gasteiger partial charge in [0.1, 0.15) is 12.4 Å². The first kappa shape index (κ1) is 22.8. The van der Waals surface area contributed by atoms with E-state index in [0.29, 0.717) is 34.4 Å². The Morgan fingerprint density at radius 1 is 1.03 bits per heavy atom. The molecular formula is C22H17Cl2FN2O3S. The van der Waals surface area contributed by atoms with Gasteiger partial charge < -0.3 is 14.8 Å². The maximum Gasteiger partial charge on any atom is 0.257 e. The SMILES string of the molecule is COc1cc(C(=O)NC(=S)Nc2ccc(F)c(Cl)c2)ccc1OCc1ccc(Cl)cc1. The van der Waals surface area contributed by atoms with Crippen LogP contribution in [0.3, 0.4) is 0 Å². The van der Waals surface area contributed by atoms with E-state index in [-0.39, 0.29) is 10.1 Å². The van der Waals surface area contributed by atoms with Gasteiger partial charge in [-0.15, -0.1) is 0 Å². The molecule has 2 N–H and O–H groups in total. The minimum absolute atomic E-state index is 0.0368. The van der Waals surface area contributed by atoms with E-state index < -0.39 is 11.7 Å². The van der Waals surface area contributed by atoms with E-state index in [4.69, 9.17) is 44.9 Å². The number of rotatable bonds is 6. The highest BCUT2D eigenvalue weighted by atomic mass is 35.5. The molecule has 0 saturated carbocycles. The van der Waals surface area contributed by atoms with Crippen LogP contribution in [0.1, 0.15) is 15.9 Å². The maximum atomic E-state index is 13.2. The standard InChI is InChI=1S/C22H17Cl2FN2O3S/c1-29-20-10-14(4-9-19(20)30-12-13-2-5-15(23)6-3-13)21(28)27-22(31)26-16-7-8-18(25)17(24)11-16/h2-11H,12H2,1H3,(H2,26,27,28,31). The number of hydrogen-bond donors (Lipinski definition) is 2. The molecule has 0 atom stereocenters. The quantitative estimate of drug-likeness (QED) is 0.435. The number of amides is 1. The van der Waals surface area contributed by atoms with Crippen LogP contribution in [-0.4, -0.2) is 18.1 Å². The minimum Gasteiger partial charge on any atom is -0.493 e. The lowest BCUT2D eigenvalue weighted by Gasteiger charge is -2.13. The first-order chi connectivity index (χ1) is 14.9. The van der Waals surface area contributed by atoms with E-state index in [1.54, 1.807) is 30.3 Å². The molecule has 0 saturated heterocycles. The van der Waals surface area contributed by atoms with Crippen LogP contribution in [0, 0.1) is 5.82 Å². The number of halogens is 3. The summed E-state index contributed by atoms with van der Waals surface area (Å²) in [6, 6.07) is 16.1. The average molecular weight is 479 g/mol. The predicted octanol–water partition coefficient (Wildman–Crippen LogP) is 5.85. The normalized spacial score (nSPS) is 10.3. The highest BCUT2D eigenvalue weighted by molar-refractivity contribution is 7.80. The lowest BCUT2D eigenvalue weighted by molar-refractivity contribution is 0.0977. The van der Waals surface area contributed by atoms with Crippen molar-refractivity contribution in [3.63, 3.8) is 0 Å². The number of anilines is 1. The van der Waals surface area contributed by atoms with Crippen LogP contribution in [0.25, 0.3) is 0 Å². The number of carbonyl (C=O) groups excluding carboxylic acids is 1. The van der Waals surface area contributed by atoms with Gasteiger partial charge in [-0.1, -0.05) is 35.3 Å². The zero-order chi connectivity index (χ0) is 22.4. The van der Waals surface area contributed by atoms with Gasteiger partial charge in [0.05, 0.1) is 12.1 Å². The Labute approximate surface area is 194 Å². The first-order valence-electron chi connectivity index (χ1n) is 8.98. The van der Waals surface area contributed by atoms with Gasteiger partial charge in [0.25, 0.3) is 5.91 Å². The van der Waals surface area contributed by atoms with E-state index in [9.17, 15) is 9.18 Å². The Bertz CT molecular complexity index is 1110. The van der Waals surface area contributed by atoms with E-state index in [2.05, 4.69) is 10.6 Å². The smallest absolute Gasteiger partial charge is 0.257 e. The summed E-state index contributed by atoms with van der Waals surface area (Å²) < 4.78 is 24.4. The van der Waals surface area contributed by atoms with E-state index >= 15 is 0 Å². The highest BCUT2D eigenvalue weighted by Gasteiger charge is 2.13. The van der Waals surface area contributed by atoms with Crippen molar-refractivity contribution in [2.24, 2.45) is 0 Å². The molecule has 31 heavy (non-hydrogen) atoms. The molecule has 0 aliphatic carbocycles. The number of methoxy groups -OCH3 is 1. The van der Waals surface area contributed by atoms with Crippen molar-refractivity contribution in [3.8, 4) is 11.5 Å². The van der Waals surface area contributed by atoms with Crippen molar-refractivity contribution >= 4 is 52.1 Å². The topological polar surface area (TPSA) is 59.6 Å². The van der Waals surface area contributed by atoms with Crippen LogP contribution < -0.4 is 20.1 Å². The van der Waals surface area contributed by atoms with Crippen LogP contribution in [0.4, 0.5) is 10.1 Å². The van der Waals surface area contributed by atoms with Gasteiger partial charge in [-0.3, -0.25) is 10.1 Å². The van der Waals surface area contributed by atoms with E-state index in [0.717, 1.165) is 5.56 Å². The predicted molar refractivity (Wildman–Crippen MR) is 124 cm³/mol. The molecule has 1 amide bonds. The molecule has 9 heteroatoms. The molecule has 0 aliphatic heterocycles. The summed E-state index contributed by atoms with van der Waals surface area (Å²) in [6.45, 7) is 0.313. The molecule has 3 aromatic rings. The highest BCUT2D eigenvalue weighted by Crippen LogP contribution is 2.29. The van der Waals surface area contributed by atoms with Crippen molar-refractivity contribution in [3.05, 3.63) is 87.7 Å². The van der Waals surface area contributed by atoms with Crippen molar-refractivity contribution < 1.29 is 18.7 Å². The van der Waals surface area contributed by atoms with Gasteiger partial charge >= 0.3 is 0 Å². The Kier molecular flexibility index (Phi) is 7.68. The second-order valence-corrected chi connectivity index (χ2v) is 7.57. The molecular weight excluding hydrogens is 462 g/mol. The summed E-state index contributed by atoms with van der Waals surface area (Å²) in [5, 5.41) is 5.95. The molecule has 0 fully saturated rings. The maximum absolute atomic E-state index is 13.2. The van der Waals surface area contributed by atoms with Crippen molar-refractivity contribution in [2.45, 2.75) is 6.61 Å². The minimum atomic E-state index is -0.548. The third-order valence-corrected chi connectivity index (χ3v) is 4.88. The van der Waals surface area contributed by atoms with Crippen molar-refractivity contribution in [1.82, 2.24) is 5.32 Å². The number of ether oxygens (including phenoxy) is 2. The summed E-state index contributed by atoms with van der Waals surface area (Å²) in [5.41, 5.74) is 1.70. The zero-order valence-corrected chi connectivity index (χ0v) is 18.6. The second-order valence-electron chi connectivity index (χ2n) is 6.32. The van der Waals surface area contributed by atoms with E-state index in [1.807, 2.05) is 12.1 Å². The van der Waals surface area contributed by atoms with Crippen LogP contribution in [-0.2, 0) is 6.61 Å². The molecule has 3 rings (SSSR count).